The van der Waals surface area contributed by atoms with Gasteiger partial charge in [-0.05, 0) is 36.4 Å². The Morgan fingerprint density at radius 3 is 2.25 bits per heavy atom. The van der Waals surface area contributed by atoms with Gasteiger partial charge in [-0.2, -0.15) is 4.98 Å². The number of hydrogen-bond acceptors (Lipinski definition) is 8. The second-order valence-electron chi connectivity index (χ2n) is 7.77. The monoisotopic (exact) mass is 456 g/mol. The molecule has 0 unspecified atom stereocenters. The maximum Gasteiger partial charge on any atom is 0.236 e. The standard InChI is InChI=1S/C23H24N2O6S/c1-28-18-9-7-17(8-10-18)20-24-21(32(26,27)19-5-3-2-4-6-19)22(31-20)25-13-11-23(12-14-25)29-15-16-30-23/h2-10H,11-16H2,1H3. The van der Waals surface area contributed by atoms with Gasteiger partial charge in [0.1, 0.15) is 5.75 Å². The minimum Gasteiger partial charge on any atom is -0.497 e. The molecule has 1 spiro atoms. The van der Waals surface area contributed by atoms with E-state index in [-0.39, 0.29) is 21.7 Å². The molecule has 3 heterocycles. The van der Waals surface area contributed by atoms with Crippen LogP contribution in [0.4, 0.5) is 5.88 Å². The third kappa shape index (κ3) is 3.76. The number of benzene rings is 2. The second-order valence-corrected chi connectivity index (χ2v) is 9.63. The molecule has 2 saturated heterocycles. The maximum atomic E-state index is 13.5. The van der Waals surface area contributed by atoms with Crippen molar-refractivity contribution in [2.45, 2.75) is 28.6 Å². The first-order chi connectivity index (χ1) is 15.5. The minimum absolute atomic E-state index is 0.0845. The summed E-state index contributed by atoms with van der Waals surface area (Å²) in [7, 11) is -2.29. The zero-order valence-electron chi connectivity index (χ0n) is 17.7. The maximum absolute atomic E-state index is 13.5. The summed E-state index contributed by atoms with van der Waals surface area (Å²) in [6.07, 6.45) is 1.24. The fourth-order valence-electron chi connectivity index (χ4n) is 4.08. The number of oxazole rings is 1. The lowest BCUT2D eigenvalue weighted by Crippen LogP contribution is -2.45. The van der Waals surface area contributed by atoms with Crippen LogP contribution in [0.25, 0.3) is 11.5 Å². The molecule has 2 aromatic carbocycles. The average molecular weight is 457 g/mol. The summed E-state index contributed by atoms with van der Waals surface area (Å²) in [5.41, 5.74) is 0.664. The Balaban J connectivity index is 1.54. The Kier molecular flexibility index (Phi) is 5.40. The lowest BCUT2D eigenvalue weighted by molar-refractivity contribution is -0.169. The van der Waals surface area contributed by atoms with Crippen molar-refractivity contribution in [3.05, 3.63) is 54.6 Å². The van der Waals surface area contributed by atoms with Crippen molar-refractivity contribution in [3.63, 3.8) is 0 Å². The highest BCUT2D eigenvalue weighted by Crippen LogP contribution is 2.39. The van der Waals surface area contributed by atoms with Crippen molar-refractivity contribution in [1.82, 2.24) is 4.98 Å². The molecule has 2 aliphatic heterocycles. The number of aromatic nitrogens is 1. The number of ether oxygens (including phenoxy) is 3. The summed E-state index contributed by atoms with van der Waals surface area (Å²) in [5, 5.41) is -0.0845. The van der Waals surface area contributed by atoms with E-state index < -0.39 is 15.6 Å². The van der Waals surface area contributed by atoms with Gasteiger partial charge in [-0.1, -0.05) is 18.2 Å². The van der Waals surface area contributed by atoms with Gasteiger partial charge in [0.05, 0.1) is 25.2 Å². The third-order valence-corrected chi connectivity index (χ3v) is 7.52. The smallest absolute Gasteiger partial charge is 0.236 e. The van der Waals surface area contributed by atoms with E-state index in [4.69, 9.17) is 18.6 Å². The Bertz CT molecular complexity index is 1170. The highest BCUT2D eigenvalue weighted by Gasteiger charge is 2.42. The van der Waals surface area contributed by atoms with Gasteiger partial charge in [0.15, 0.2) is 5.79 Å². The topological polar surface area (TPSA) is 91.1 Å². The Morgan fingerprint density at radius 2 is 1.62 bits per heavy atom. The van der Waals surface area contributed by atoms with Gasteiger partial charge in [-0.15, -0.1) is 0 Å². The predicted molar refractivity (Wildman–Crippen MR) is 116 cm³/mol. The molecule has 2 aliphatic rings. The van der Waals surface area contributed by atoms with E-state index in [0.717, 1.165) is 0 Å². The first-order valence-electron chi connectivity index (χ1n) is 10.5. The van der Waals surface area contributed by atoms with Crippen molar-refractivity contribution in [3.8, 4) is 17.2 Å². The highest BCUT2D eigenvalue weighted by molar-refractivity contribution is 7.91. The molecular weight excluding hydrogens is 432 g/mol. The van der Waals surface area contributed by atoms with Gasteiger partial charge in [-0.3, -0.25) is 0 Å². The van der Waals surface area contributed by atoms with Gasteiger partial charge >= 0.3 is 0 Å². The van der Waals surface area contributed by atoms with Crippen molar-refractivity contribution in [2.75, 3.05) is 38.3 Å². The first-order valence-corrected chi connectivity index (χ1v) is 12.0. The molecule has 0 N–H and O–H groups in total. The summed E-state index contributed by atoms with van der Waals surface area (Å²) in [5.74, 6) is 0.599. The van der Waals surface area contributed by atoms with Crippen LogP contribution in [0.2, 0.25) is 0 Å². The summed E-state index contributed by atoms with van der Waals surface area (Å²) in [4.78, 5) is 6.53. The quantitative estimate of drug-likeness (QED) is 0.576. The van der Waals surface area contributed by atoms with Crippen molar-refractivity contribution in [2.24, 2.45) is 0 Å². The summed E-state index contributed by atoms with van der Waals surface area (Å²) in [6, 6.07) is 15.4. The lowest BCUT2D eigenvalue weighted by atomic mass is 10.0. The molecule has 168 valence electrons. The molecule has 32 heavy (non-hydrogen) atoms. The molecule has 3 aromatic rings. The largest absolute Gasteiger partial charge is 0.497 e. The van der Waals surface area contributed by atoms with E-state index in [0.29, 0.717) is 50.5 Å². The van der Waals surface area contributed by atoms with Crippen LogP contribution >= 0.6 is 0 Å². The van der Waals surface area contributed by atoms with Gasteiger partial charge in [0.2, 0.25) is 26.6 Å². The van der Waals surface area contributed by atoms with Crippen molar-refractivity contribution in [1.29, 1.82) is 0 Å². The van der Waals surface area contributed by atoms with E-state index >= 15 is 0 Å². The second kappa shape index (κ2) is 8.23. The van der Waals surface area contributed by atoms with Crippen LogP contribution in [0.3, 0.4) is 0 Å². The van der Waals surface area contributed by atoms with Gasteiger partial charge in [0.25, 0.3) is 0 Å². The SMILES string of the molecule is COc1ccc(-c2nc(S(=O)(=O)c3ccccc3)c(N3CCC4(CC3)OCCO4)o2)cc1. The van der Waals surface area contributed by atoms with Gasteiger partial charge < -0.3 is 23.5 Å². The Hall–Kier alpha value is -2.88. The van der Waals surface area contributed by atoms with Crippen LogP contribution in [-0.4, -0.2) is 52.6 Å². The van der Waals surface area contributed by atoms with Crippen LogP contribution in [0.15, 0.2) is 68.9 Å². The van der Waals surface area contributed by atoms with E-state index in [1.807, 2.05) is 4.90 Å². The summed E-state index contributed by atoms with van der Waals surface area (Å²) >= 11 is 0. The number of hydrogen-bond donors (Lipinski definition) is 0. The number of anilines is 1. The van der Waals surface area contributed by atoms with Crippen molar-refractivity contribution >= 4 is 15.7 Å². The number of methoxy groups -OCH3 is 1. The van der Waals surface area contributed by atoms with Crippen LogP contribution < -0.4 is 9.64 Å². The molecule has 8 nitrogen and oxygen atoms in total. The number of sulfone groups is 1. The van der Waals surface area contributed by atoms with Gasteiger partial charge in [0, 0.05) is 31.5 Å². The fourth-order valence-corrected chi connectivity index (χ4v) is 5.42. The minimum atomic E-state index is -3.88. The molecule has 9 heteroatoms. The molecule has 0 radical (unpaired) electrons. The number of nitrogens with zero attached hydrogens (tertiary/aromatic N) is 2. The zero-order chi connectivity index (χ0) is 22.2. The Morgan fingerprint density at radius 1 is 0.969 bits per heavy atom. The molecule has 5 rings (SSSR count). The van der Waals surface area contributed by atoms with E-state index in [1.165, 1.54) is 0 Å². The molecule has 0 aliphatic carbocycles. The first kappa shape index (κ1) is 21.0. The molecule has 0 amide bonds. The van der Waals surface area contributed by atoms with Crippen LogP contribution in [0.5, 0.6) is 5.75 Å². The predicted octanol–water partition coefficient (Wildman–Crippen LogP) is 3.53. The molecule has 2 fully saturated rings. The number of rotatable bonds is 5. The molecule has 0 saturated carbocycles. The van der Waals surface area contributed by atoms with Gasteiger partial charge in [-0.25, -0.2) is 8.42 Å². The zero-order valence-corrected chi connectivity index (χ0v) is 18.5. The third-order valence-electron chi connectivity index (χ3n) is 5.85. The van der Waals surface area contributed by atoms with Crippen LogP contribution in [0.1, 0.15) is 12.8 Å². The van der Waals surface area contributed by atoms with Crippen molar-refractivity contribution < 1.29 is 27.0 Å². The van der Waals surface area contributed by atoms with Crippen LogP contribution in [-0.2, 0) is 19.3 Å². The highest BCUT2D eigenvalue weighted by atomic mass is 32.2. The molecule has 0 bridgehead atoms. The lowest BCUT2D eigenvalue weighted by Gasteiger charge is -2.37. The average Bonchev–Trinajstić information content (AvgIpc) is 3.49. The molecule has 1 aromatic heterocycles. The van der Waals surface area contributed by atoms with E-state index in [1.54, 1.807) is 61.7 Å². The normalized spacial score (nSPS) is 18.2. The van der Waals surface area contributed by atoms with E-state index in [9.17, 15) is 8.42 Å². The fraction of sp³-hybridized carbons (Fsp3) is 0.348. The van der Waals surface area contributed by atoms with Crippen LogP contribution in [0, 0.1) is 0 Å². The summed E-state index contributed by atoms with van der Waals surface area (Å²) in [6.45, 7) is 2.23. The van der Waals surface area contributed by atoms with E-state index in [2.05, 4.69) is 4.98 Å². The Labute approximate surface area is 186 Å². The summed E-state index contributed by atoms with van der Waals surface area (Å²) < 4.78 is 49.8. The molecule has 0 atom stereocenters. The molecular formula is C23H24N2O6S. The number of piperidine rings is 1.